The summed E-state index contributed by atoms with van der Waals surface area (Å²) in [4.78, 5) is 15.3. The van der Waals surface area contributed by atoms with Crippen LogP contribution in [-0.4, -0.2) is 45.9 Å². The highest BCUT2D eigenvalue weighted by atomic mass is 35.5. The number of aromatic nitrogens is 4. The van der Waals surface area contributed by atoms with E-state index in [0.717, 1.165) is 22.5 Å². The van der Waals surface area contributed by atoms with Gasteiger partial charge >= 0.3 is 6.18 Å². The summed E-state index contributed by atoms with van der Waals surface area (Å²) in [5, 5.41) is 3.56. The van der Waals surface area contributed by atoms with Gasteiger partial charge in [0, 0.05) is 42.5 Å². The van der Waals surface area contributed by atoms with Crippen LogP contribution in [-0.2, 0) is 6.42 Å². The molecule has 1 aliphatic carbocycles. The Kier molecular flexibility index (Phi) is 6.77. The van der Waals surface area contributed by atoms with Crippen LogP contribution in [0.25, 0.3) is 5.69 Å². The largest absolute Gasteiger partial charge is 0.494 e. The Balaban J connectivity index is 1.37. The van der Waals surface area contributed by atoms with E-state index in [1.165, 1.54) is 12.1 Å². The zero-order chi connectivity index (χ0) is 28.0. The quantitative estimate of drug-likeness (QED) is 0.260. The lowest BCUT2D eigenvalue weighted by Crippen LogP contribution is -2.28. The number of halogens is 5. The molecule has 1 fully saturated rings. The standard InChI is InChI=1S/C28H25ClF4N6O/c1-40-23-12-19(6-9-22(23)39-14-24(29)34-15-39)35-27-36-25-20(16-2-4-18(30)5-3-16)7-8-21(25)26(37-27)38-11-10-17(13-38)28(31,32)33/h2-6,9,12,14-15,17,20H,7-8,10-11,13H2,1H3,(H,35,36,37). The second-order valence-corrected chi connectivity index (χ2v) is 10.4. The number of anilines is 3. The number of fused-ring (bicyclic) bond motifs is 1. The minimum Gasteiger partial charge on any atom is -0.494 e. The van der Waals surface area contributed by atoms with Crippen LogP contribution in [0.4, 0.5) is 35.0 Å². The number of imidazole rings is 1. The van der Waals surface area contributed by atoms with E-state index in [-0.39, 0.29) is 37.2 Å². The van der Waals surface area contributed by atoms with Crippen LogP contribution >= 0.6 is 11.6 Å². The minimum absolute atomic E-state index is 0.0172. The molecular formula is C28H25ClF4N6O. The van der Waals surface area contributed by atoms with Gasteiger partial charge in [-0.15, -0.1) is 0 Å². The number of rotatable bonds is 6. The Morgan fingerprint density at radius 3 is 2.55 bits per heavy atom. The highest BCUT2D eigenvalue weighted by molar-refractivity contribution is 6.29. The molecule has 1 N–H and O–H groups in total. The van der Waals surface area contributed by atoms with Crippen molar-refractivity contribution >= 4 is 29.1 Å². The van der Waals surface area contributed by atoms with Crippen molar-refractivity contribution in [2.45, 2.75) is 31.4 Å². The monoisotopic (exact) mass is 572 g/mol. The maximum absolute atomic E-state index is 13.6. The third-order valence-corrected chi connectivity index (χ3v) is 7.71. The Morgan fingerprint density at radius 1 is 1.07 bits per heavy atom. The highest BCUT2D eigenvalue weighted by Crippen LogP contribution is 2.44. The van der Waals surface area contributed by atoms with Crippen molar-refractivity contribution in [3.8, 4) is 11.4 Å². The van der Waals surface area contributed by atoms with E-state index in [2.05, 4.69) is 10.3 Å². The van der Waals surface area contributed by atoms with Crippen molar-refractivity contribution in [2.24, 2.45) is 5.92 Å². The number of ether oxygens (including phenoxy) is 1. The number of alkyl halides is 3. The minimum atomic E-state index is -4.26. The van der Waals surface area contributed by atoms with Crippen LogP contribution in [0.2, 0.25) is 5.15 Å². The first-order chi connectivity index (χ1) is 19.2. The van der Waals surface area contributed by atoms with Crippen LogP contribution in [0.15, 0.2) is 55.0 Å². The summed E-state index contributed by atoms with van der Waals surface area (Å²) in [6.07, 6.45) is 0.309. The smallest absolute Gasteiger partial charge is 0.393 e. The summed E-state index contributed by atoms with van der Waals surface area (Å²) in [6.45, 7) is 0.105. The number of benzene rings is 2. The molecule has 2 aromatic heterocycles. The van der Waals surface area contributed by atoms with Crippen molar-refractivity contribution in [3.05, 3.63) is 82.8 Å². The van der Waals surface area contributed by atoms with Gasteiger partial charge in [0.25, 0.3) is 0 Å². The SMILES string of the molecule is COc1cc(Nc2nc3c(c(N4CCC(C(F)(F)F)C4)n2)CCC3c2ccc(F)cc2)ccc1-n1cnc(Cl)c1. The molecule has 208 valence electrons. The number of nitrogens with one attached hydrogen (secondary N) is 1. The first-order valence-electron chi connectivity index (χ1n) is 12.8. The number of hydrogen-bond donors (Lipinski definition) is 1. The fraction of sp³-hybridized carbons (Fsp3) is 0.321. The maximum Gasteiger partial charge on any atom is 0.393 e. The molecule has 7 nitrogen and oxygen atoms in total. The second kappa shape index (κ2) is 10.3. The van der Waals surface area contributed by atoms with E-state index < -0.39 is 12.1 Å². The van der Waals surface area contributed by atoms with E-state index >= 15 is 0 Å². The Labute approximate surface area is 232 Å². The highest BCUT2D eigenvalue weighted by Gasteiger charge is 2.45. The molecule has 0 spiro atoms. The molecular weight excluding hydrogens is 548 g/mol. The van der Waals surface area contributed by atoms with Crippen LogP contribution in [0.3, 0.4) is 0 Å². The van der Waals surface area contributed by atoms with Gasteiger partial charge in [-0.05, 0) is 49.1 Å². The summed E-state index contributed by atoms with van der Waals surface area (Å²) in [5.74, 6) is -0.547. The first-order valence-corrected chi connectivity index (χ1v) is 13.2. The van der Waals surface area contributed by atoms with Crippen molar-refractivity contribution in [3.63, 3.8) is 0 Å². The number of nitrogens with zero attached hydrogens (tertiary/aromatic N) is 5. The molecule has 1 aliphatic heterocycles. The summed E-state index contributed by atoms with van der Waals surface area (Å²) in [6, 6.07) is 11.7. The molecule has 4 aromatic rings. The number of hydrogen-bond acceptors (Lipinski definition) is 6. The molecule has 0 bridgehead atoms. The van der Waals surface area contributed by atoms with Gasteiger partial charge < -0.3 is 19.5 Å². The van der Waals surface area contributed by atoms with E-state index in [0.29, 0.717) is 35.2 Å². The molecule has 2 unspecified atom stereocenters. The van der Waals surface area contributed by atoms with E-state index in [9.17, 15) is 17.6 Å². The molecule has 6 rings (SSSR count). The van der Waals surface area contributed by atoms with Gasteiger partial charge in [-0.2, -0.15) is 18.2 Å². The van der Waals surface area contributed by atoms with Crippen LogP contribution in [0.5, 0.6) is 5.75 Å². The summed E-state index contributed by atoms with van der Waals surface area (Å²) in [5.41, 5.74) is 3.83. The van der Waals surface area contributed by atoms with Crippen molar-refractivity contribution in [1.29, 1.82) is 0 Å². The van der Waals surface area contributed by atoms with Crippen molar-refractivity contribution in [1.82, 2.24) is 19.5 Å². The first kappa shape index (κ1) is 26.4. The third kappa shape index (κ3) is 5.05. The van der Waals surface area contributed by atoms with Gasteiger partial charge in [0.1, 0.15) is 28.9 Å². The van der Waals surface area contributed by atoms with Crippen LogP contribution in [0.1, 0.15) is 35.6 Å². The van der Waals surface area contributed by atoms with Gasteiger partial charge in [-0.25, -0.2) is 14.4 Å². The third-order valence-electron chi connectivity index (χ3n) is 7.52. The molecule has 0 radical (unpaired) electrons. The molecule has 2 atom stereocenters. The lowest BCUT2D eigenvalue weighted by atomic mass is 9.97. The van der Waals surface area contributed by atoms with Crippen LogP contribution < -0.4 is 15.0 Å². The number of methoxy groups -OCH3 is 1. The molecule has 0 saturated carbocycles. The van der Waals surface area contributed by atoms with Gasteiger partial charge in [-0.1, -0.05) is 23.7 Å². The lowest BCUT2D eigenvalue weighted by Gasteiger charge is -2.23. The zero-order valence-corrected chi connectivity index (χ0v) is 22.2. The molecule has 3 heterocycles. The van der Waals surface area contributed by atoms with Gasteiger partial charge in [0.15, 0.2) is 0 Å². The molecule has 40 heavy (non-hydrogen) atoms. The van der Waals surface area contributed by atoms with E-state index in [1.54, 1.807) is 47.3 Å². The van der Waals surface area contributed by atoms with Crippen molar-refractivity contribution < 1.29 is 22.3 Å². The topological polar surface area (TPSA) is 68.1 Å². The molecule has 2 aromatic carbocycles. The zero-order valence-electron chi connectivity index (χ0n) is 21.4. The molecule has 12 heteroatoms. The van der Waals surface area contributed by atoms with Gasteiger partial charge in [0.2, 0.25) is 5.95 Å². The Bertz CT molecular complexity index is 1540. The van der Waals surface area contributed by atoms with Gasteiger partial charge in [-0.3, -0.25) is 0 Å². The van der Waals surface area contributed by atoms with E-state index in [4.69, 9.17) is 26.3 Å². The van der Waals surface area contributed by atoms with Crippen LogP contribution in [0, 0.1) is 11.7 Å². The summed E-state index contributed by atoms with van der Waals surface area (Å²) in [7, 11) is 1.54. The maximum atomic E-state index is 13.6. The Hall–Kier alpha value is -3.86. The predicted molar refractivity (Wildman–Crippen MR) is 143 cm³/mol. The van der Waals surface area contributed by atoms with E-state index in [1.807, 2.05) is 12.1 Å². The average molecular weight is 573 g/mol. The Morgan fingerprint density at radius 2 is 1.88 bits per heavy atom. The normalized spacial score (nSPS) is 18.7. The fourth-order valence-electron chi connectivity index (χ4n) is 5.53. The fourth-order valence-corrected chi connectivity index (χ4v) is 5.68. The summed E-state index contributed by atoms with van der Waals surface area (Å²) < 4.78 is 61.4. The molecule has 1 saturated heterocycles. The van der Waals surface area contributed by atoms with Crippen molar-refractivity contribution in [2.75, 3.05) is 30.4 Å². The van der Waals surface area contributed by atoms with Gasteiger partial charge in [0.05, 0.1) is 24.4 Å². The second-order valence-electron chi connectivity index (χ2n) is 9.97. The molecule has 0 amide bonds. The molecule has 2 aliphatic rings. The predicted octanol–water partition coefficient (Wildman–Crippen LogP) is 6.67. The lowest BCUT2D eigenvalue weighted by molar-refractivity contribution is -0.168. The average Bonchev–Trinajstić information content (AvgIpc) is 3.68. The summed E-state index contributed by atoms with van der Waals surface area (Å²) >= 11 is 5.97.